The number of furan rings is 1. The molecule has 0 bridgehead atoms. The molecule has 0 aliphatic heterocycles. The molecule has 0 aliphatic rings. The predicted molar refractivity (Wildman–Crippen MR) is 214 cm³/mol. The number of para-hydroxylation sites is 3. The fraction of sp³-hybridized carbons (Fsp3) is 0. The van der Waals surface area contributed by atoms with Crippen molar-refractivity contribution < 1.29 is 4.42 Å². The van der Waals surface area contributed by atoms with E-state index in [0.717, 1.165) is 55.6 Å². The number of nitrogens with zero attached hydrogens (tertiary/aromatic N) is 1. The van der Waals surface area contributed by atoms with Gasteiger partial charge < -0.3 is 14.3 Å². The number of nitrogens with one attached hydrogen (secondary N) is 1. The van der Waals surface area contributed by atoms with Crippen LogP contribution in [0.1, 0.15) is 0 Å². The Balaban J connectivity index is 1.14. The van der Waals surface area contributed by atoms with E-state index in [1.54, 1.807) is 0 Å². The van der Waals surface area contributed by atoms with Crippen molar-refractivity contribution in [3.63, 3.8) is 0 Å². The molecule has 8 aromatic carbocycles. The summed E-state index contributed by atoms with van der Waals surface area (Å²) in [7, 11) is 0. The lowest BCUT2D eigenvalue weighted by Crippen LogP contribution is -1.97. The van der Waals surface area contributed by atoms with Gasteiger partial charge in [-0.2, -0.15) is 0 Å². The molecule has 0 saturated heterocycles. The van der Waals surface area contributed by atoms with Gasteiger partial charge in [-0.3, -0.25) is 0 Å². The van der Waals surface area contributed by atoms with Gasteiger partial charge in [0.15, 0.2) is 0 Å². The Bertz CT molecular complexity index is 2860. The summed E-state index contributed by atoms with van der Waals surface area (Å²) in [6, 6.07) is 66.9. The van der Waals surface area contributed by atoms with Crippen LogP contribution in [0.15, 0.2) is 192 Å². The molecule has 0 unspecified atom stereocenters. The first kappa shape index (κ1) is 29.1. The SMILES string of the molecule is c1ccc(Nc2cc3c(cc2-c2ccc4oc5ccccc5c4c2)c2ccccc2n3-c2ccc(-c3cccc(-c4ccccc4)c3)cc2)cc1. The highest BCUT2D eigenvalue weighted by Gasteiger charge is 2.18. The molecule has 0 amide bonds. The molecule has 10 rings (SSSR count). The lowest BCUT2D eigenvalue weighted by atomic mass is 9.98. The van der Waals surface area contributed by atoms with Gasteiger partial charge in [0.2, 0.25) is 0 Å². The third-order valence-corrected chi connectivity index (χ3v) is 9.98. The maximum Gasteiger partial charge on any atom is 0.135 e. The van der Waals surface area contributed by atoms with Crippen molar-refractivity contribution >= 4 is 55.1 Å². The zero-order valence-corrected chi connectivity index (χ0v) is 27.8. The summed E-state index contributed by atoms with van der Waals surface area (Å²) in [5.74, 6) is 0. The Labute approximate surface area is 295 Å². The summed E-state index contributed by atoms with van der Waals surface area (Å²) in [4.78, 5) is 0. The van der Waals surface area contributed by atoms with Gasteiger partial charge in [-0.15, -0.1) is 0 Å². The summed E-state index contributed by atoms with van der Waals surface area (Å²) in [5.41, 5.74) is 14.4. The average molecular weight is 653 g/mol. The summed E-state index contributed by atoms with van der Waals surface area (Å²) in [6.07, 6.45) is 0. The van der Waals surface area contributed by atoms with Crippen molar-refractivity contribution in [1.82, 2.24) is 4.57 Å². The number of hydrogen-bond acceptors (Lipinski definition) is 2. The van der Waals surface area contributed by atoms with Crippen LogP contribution in [-0.4, -0.2) is 4.57 Å². The second-order valence-corrected chi connectivity index (χ2v) is 13.1. The third-order valence-electron chi connectivity index (χ3n) is 9.98. The molecule has 10 aromatic rings. The van der Waals surface area contributed by atoms with E-state index >= 15 is 0 Å². The summed E-state index contributed by atoms with van der Waals surface area (Å²) < 4.78 is 8.58. The first-order valence-electron chi connectivity index (χ1n) is 17.3. The molecule has 1 N–H and O–H groups in total. The van der Waals surface area contributed by atoms with E-state index in [2.05, 4.69) is 180 Å². The summed E-state index contributed by atoms with van der Waals surface area (Å²) >= 11 is 0. The zero-order chi connectivity index (χ0) is 33.7. The zero-order valence-electron chi connectivity index (χ0n) is 27.8. The topological polar surface area (TPSA) is 30.1 Å². The minimum atomic E-state index is 0.894. The fourth-order valence-corrected chi connectivity index (χ4v) is 7.52. The monoisotopic (exact) mass is 652 g/mol. The molecule has 2 heterocycles. The molecule has 0 spiro atoms. The van der Waals surface area contributed by atoms with Gasteiger partial charge in [-0.25, -0.2) is 0 Å². The van der Waals surface area contributed by atoms with Gasteiger partial charge in [0.1, 0.15) is 11.2 Å². The van der Waals surface area contributed by atoms with Crippen LogP contribution in [0, 0.1) is 0 Å². The molecule has 2 aromatic heterocycles. The van der Waals surface area contributed by atoms with Crippen molar-refractivity contribution in [2.24, 2.45) is 0 Å². The lowest BCUT2D eigenvalue weighted by Gasteiger charge is -2.15. The molecule has 51 heavy (non-hydrogen) atoms. The van der Waals surface area contributed by atoms with Gasteiger partial charge >= 0.3 is 0 Å². The summed E-state index contributed by atoms with van der Waals surface area (Å²) in [5, 5.41) is 8.44. The van der Waals surface area contributed by atoms with Crippen LogP contribution >= 0.6 is 0 Å². The second-order valence-electron chi connectivity index (χ2n) is 13.1. The molecule has 0 aliphatic carbocycles. The van der Waals surface area contributed by atoms with E-state index in [1.165, 1.54) is 38.5 Å². The number of rotatable bonds is 6. The molecule has 0 fully saturated rings. The van der Waals surface area contributed by atoms with Gasteiger partial charge in [0.05, 0.1) is 11.0 Å². The van der Waals surface area contributed by atoms with Crippen LogP contribution < -0.4 is 5.32 Å². The molecule has 0 atom stereocenters. The number of aromatic nitrogens is 1. The maximum absolute atomic E-state index is 6.19. The highest BCUT2D eigenvalue weighted by atomic mass is 16.3. The van der Waals surface area contributed by atoms with E-state index in [0.29, 0.717) is 0 Å². The maximum atomic E-state index is 6.19. The number of hydrogen-bond donors (Lipinski definition) is 1. The Morgan fingerprint density at radius 3 is 1.80 bits per heavy atom. The Kier molecular flexibility index (Phi) is 6.81. The quantitative estimate of drug-likeness (QED) is 0.194. The predicted octanol–water partition coefficient (Wildman–Crippen LogP) is 13.4. The molecule has 0 saturated carbocycles. The first-order chi connectivity index (χ1) is 25.3. The number of benzene rings is 8. The van der Waals surface area contributed by atoms with Crippen molar-refractivity contribution in [3.8, 4) is 39.1 Å². The standard InChI is InChI=1S/C48H32N2O/c1-3-12-32(13-4-1)34-14-11-15-35(28-34)33-22-25-38(26-23-33)50-45-20-9-7-18-39(45)42-30-41(44(31-46(42)50)49-37-16-5-2-6-17-37)36-24-27-48-43(29-36)40-19-8-10-21-47(40)51-48/h1-31,49H. The van der Waals surface area contributed by atoms with E-state index in [1.807, 2.05) is 18.2 Å². The van der Waals surface area contributed by atoms with Gasteiger partial charge in [0.25, 0.3) is 0 Å². The fourth-order valence-electron chi connectivity index (χ4n) is 7.52. The van der Waals surface area contributed by atoms with Crippen LogP contribution in [0.4, 0.5) is 11.4 Å². The Morgan fingerprint density at radius 2 is 1.00 bits per heavy atom. The van der Waals surface area contributed by atoms with Crippen molar-refractivity contribution in [2.75, 3.05) is 5.32 Å². The third kappa shape index (κ3) is 5.06. The van der Waals surface area contributed by atoms with Gasteiger partial charge in [-0.05, 0) is 94.5 Å². The van der Waals surface area contributed by atoms with Gasteiger partial charge in [0, 0.05) is 44.2 Å². The van der Waals surface area contributed by atoms with Gasteiger partial charge in [-0.1, -0.05) is 121 Å². The summed E-state index contributed by atoms with van der Waals surface area (Å²) in [6.45, 7) is 0. The molecular formula is C48H32N2O. The minimum Gasteiger partial charge on any atom is -0.456 e. The van der Waals surface area contributed by atoms with Crippen LogP contribution in [0.3, 0.4) is 0 Å². The minimum absolute atomic E-state index is 0.894. The Morgan fingerprint density at radius 1 is 0.373 bits per heavy atom. The largest absolute Gasteiger partial charge is 0.456 e. The van der Waals surface area contributed by atoms with E-state index in [-0.39, 0.29) is 0 Å². The van der Waals surface area contributed by atoms with Crippen LogP contribution in [0.5, 0.6) is 0 Å². The highest BCUT2D eigenvalue weighted by Crippen LogP contribution is 2.42. The average Bonchev–Trinajstić information content (AvgIpc) is 3.73. The highest BCUT2D eigenvalue weighted by molar-refractivity contribution is 6.13. The van der Waals surface area contributed by atoms with Crippen molar-refractivity contribution in [2.45, 2.75) is 0 Å². The second kappa shape index (κ2) is 11.9. The molecule has 0 radical (unpaired) electrons. The van der Waals surface area contributed by atoms with Crippen molar-refractivity contribution in [1.29, 1.82) is 0 Å². The van der Waals surface area contributed by atoms with Crippen LogP contribution in [0.2, 0.25) is 0 Å². The lowest BCUT2D eigenvalue weighted by molar-refractivity contribution is 0.669. The van der Waals surface area contributed by atoms with Crippen molar-refractivity contribution in [3.05, 3.63) is 188 Å². The Hall–Kier alpha value is -6.84. The van der Waals surface area contributed by atoms with E-state index < -0.39 is 0 Å². The van der Waals surface area contributed by atoms with Crippen LogP contribution in [-0.2, 0) is 0 Å². The number of fused-ring (bicyclic) bond motifs is 6. The van der Waals surface area contributed by atoms with E-state index in [4.69, 9.17) is 4.42 Å². The first-order valence-corrected chi connectivity index (χ1v) is 17.3. The molecule has 240 valence electrons. The smallest absolute Gasteiger partial charge is 0.135 e. The number of anilines is 2. The van der Waals surface area contributed by atoms with Crippen LogP contribution in [0.25, 0.3) is 82.8 Å². The molecule has 3 heteroatoms. The molecular weight excluding hydrogens is 621 g/mol. The molecule has 3 nitrogen and oxygen atoms in total. The normalized spacial score (nSPS) is 11.5. The van der Waals surface area contributed by atoms with E-state index in [9.17, 15) is 0 Å².